The number of ether oxygens (including phenoxy) is 2. The molecular weight excluding hydrogens is 416 g/mol. The molecule has 0 spiro atoms. The molecule has 0 aliphatic carbocycles. The van der Waals surface area contributed by atoms with Gasteiger partial charge in [-0.05, 0) is 74.0 Å². The van der Waals surface area contributed by atoms with Crippen LogP contribution in [-0.4, -0.2) is 25.0 Å². The molecule has 2 N–H and O–H groups in total. The number of carbonyl (C=O) groups is 2. The van der Waals surface area contributed by atoms with Crippen molar-refractivity contribution in [3.05, 3.63) is 83.9 Å². The Hall–Kier alpha value is -3.80. The molecule has 33 heavy (non-hydrogen) atoms. The van der Waals surface area contributed by atoms with E-state index in [-0.39, 0.29) is 11.8 Å². The summed E-state index contributed by atoms with van der Waals surface area (Å²) in [6, 6.07) is 21.0. The molecule has 0 unspecified atom stereocenters. The van der Waals surface area contributed by atoms with Crippen LogP contribution in [0.15, 0.2) is 72.8 Å². The smallest absolute Gasteiger partial charge is 0.257 e. The van der Waals surface area contributed by atoms with Gasteiger partial charge < -0.3 is 20.1 Å². The van der Waals surface area contributed by atoms with Gasteiger partial charge >= 0.3 is 0 Å². The van der Waals surface area contributed by atoms with Crippen molar-refractivity contribution in [2.24, 2.45) is 0 Å². The maximum atomic E-state index is 12.8. The molecule has 0 aromatic heterocycles. The molecule has 0 atom stereocenters. The number of nitrogens with one attached hydrogen (secondary N) is 2. The number of hydrogen-bond acceptors (Lipinski definition) is 4. The van der Waals surface area contributed by atoms with Crippen molar-refractivity contribution in [1.82, 2.24) is 0 Å². The lowest BCUT2D eigenvalue weighted by Gasteiger charge is -2.12. The van der Waals surface area contributed by atoms with Crippen molar-refractivity contribution in [3.63, 3.8) is 0 Å². The third kappa shape index (κ3) is 7.10. The topological polar surface area (TPSA) is 76.7 Å². The van der Waals surface area contributed by atoms with Crippen molar-refractivity contribution in [3.8, 4) is 11.5 Å². The van der Waals surface area contributed by atoms with Gasteiger partial charge in [-0.1, -0.05) is 31.9 Å². The quantitative estimate of drug-likeness (QED) is 0.346. The summed E-state index contributed by atoms with van der Waals surface area (Å²) in [6.45, 7) is 5.30. The van der Waals surface area contributed by atoms with Crippen LogP contribution >= 0.6 is 0 Å². The van der Waals surface area contributed by atoms with E-state index in [1.165, 1.54) is 0 Å². The van der Waals surface area contributed by atoms with E-state index in [1.54, 1.807) is 72.8 Å². The van der Waals surface area contributed by atoms with Gasteiger partial charge in [-0.15, -0.1) is 0 Å². The Morgan fingerprint density at radius 1 is 0.727 bits per heavy atom. The zero-order chi connectivity index (χ0) is 23.5. The Kier molecular flexibility index (Phi) is 8.88. The van der Waals surface area contributed by atoms with Crippen LogP contribution in [0.4, 0.5) is 11.4 Å². The summed E-state index contributed by atoms with van der Waals surface area (Å²) in [6.07, 6.45) is 3.28. The minimum Gasteiger partial charge on any atom is -0.494 e. The molecule has 3 rings (SSSR count). The Morgan fingerprint density at radius 2 is 1.39 bits per heavy atom. The Balaban J connectivity index is 1.63. The molecular formula is C27H30N2O4. The Bertz CT molecular complexity index is 1050. The number of hydrogen-bond donors (Lipinski definition) is 2. The molecule has 0 radical (unpaired) electrons. The van der Waals surface area contributed by atoms with Gasteiger partial charge in [-0.25, -0.2) is 0 Å². The lowest BCUT2D eigenvalue weighted by molar-refractivity contribution is 0.102. The molecule has 0 fully saturated rings. The second-order valence-corrected chi connectivity index (χ2v) is 7.49. The predicted octanol–water partition coefficient (Wildman–Crippen LogP) is 6.16. The van der Waals surface area contributed by atoms with E-state index in [2.05, 4.69) is 17.6 Å². The summed E-state index contributed by atoms with van der Waals surface area (Å²) in [5, 5.41) is 5.69. The first kappa shape index (κ1) is 23.9. The monoisotopic (exact) mass is 446 g/mol. The zero-order valence-electron chi connectivity index (χ0n) is 19.1. The van der Waals surface area contributed by atoms with Crippen LogP contribution < -0.4 is 20.1 Å². The van der Waals surface area contributed by atoms with Crippen LogP contribution in [0.5, 0.6) is 11.5 Å². The third-order valence-corrected chi connectivity index (χ3v) is 4.98. The average Bonchev–Trinajstić information content (AvgIpc) is 2.84. The highest BCUT2D eigenvalue weighted by atomic mass is 16.5. The molecule has 0 saturated heterocycles. The second kappa shape index (κ2) is 12.3. The first-order chi connectivity index (χ1) is 16.1. The molecule has 172 valence electrons. The largest absolute Gasteiger partial charge is 0.494 e. The number of rotatable bonds is 11. The number of unbranched alkanes of at least 4 members (excludes halogenated alkanes) is 2. The van der Waals surface area contributed by atoms with E-state index in [1.807, 2.05) is 6.92 Å². The lowest BCUT2D eigenvalue weighted by atomic mass is 10.1. The first-order valence-corrected chi connectivity index (χ1v) is 11.3. The van der Waals surface area contributed by atoms with Crippen LogP contribution in [-0.2, 0) is 0 Å². The second-order valence-electron chi connectivity index (χ2n) is 7.49. The standard InChI is InChI=1S/C27H30N2O4/c1-3-5-8-19-33-23-15-11-20(12-16-23)26(30)29-25-10-7-6-9-24(25)27(31)28-21-13-17-22(18-14-21)32-4-2/h6-7,9-18H,3-5,8,19H2,1-2H3,(H,28,31)(H,29,30). The van der Waals surface area contributed by atoms with Gasteiger partial charge in [-0.3, -0.25) is 9.59 Å². The fraction of sp³-hybridized carbons (Fsp3) is 0.259. The number of carbonyl (C=O) groups excluding carboxylic acids is 2. The van der Waals surface area contributed by atoms with Crippen molar-refractivity contribution in [2.75, 3.05) is 23.8 Å². The first-order valence-electron chi connectivity index (χ1n) is 11.3. The lowest BCUT2D eigenvalue weighted by Crippen LogP contribution is -2.18. The minimum atomic E-state index is -0.314. The van der Waals surface area contributed by atoms with Crippen molar-refractivity contribution >= 4 is 23.2 Å². The van der Waals surface area contributed by atoms with E-state index in [0.29, 0.717) is 35.7 Å². The van der Waals surface area contributed by atoms with Crippen molar-refractivity contribution in [2.45, 2.75) is 33.1 Å². The van der Waals surface area contributed by atoms with Crippen LogP contribution in [0.3, 0.4) is 0 Å². The number of para-hydroxylation sites is 1. The Morgan fingerprint density at radius 3 is 2.09 bits per heavy atom. The van der Waals surface area contributed by atoms with Crippen LogP contribution in [0.2, 0.25) is 0 Å². The van der Waals surface area contributed by atoms with Gasteiger partial charge in [0.05, 0.1) is 24.5 Å². The maximum absolute atomic E-state index is 12.8. The molecule has 3 aromatic carbocycles. The molecule has 0 bridgehead atoms. The summed E-state index contributed by atoms with van der Waals surface area (Å²) in [5.41, 5.74) is 1.93. The van der Waals surface area contributed by atoms with Gasteiger partial charge in [0.2, 0.25) is 0 Å². The molecule has 0 aliphatic heterocycles. The summed E-state index contributed by atoms with van der Waals surface area (Å²) in [7, 11) is 0. The summed E-state index contributed by atoms with van der Waals surface area (Å²) in [5.74, 6) is 0.859. The SMILES string of the molecule is CCCCCOc1ccc(C(=O)Nc2ccccc2C(=O)Nc2ccc(OCC)cc2)cc1. The number of amides is 2. The molecule has 3 aromatic rings. The third-order valence-electron chi connectivity index (χ3n) is 4.98. The van der Waals surface area contributed by atoms with E-state index >= 15 is 0 Å². The van der Waals surface area contributed by atoms with Crippen molar-refractivity contribution in [1.29, 1.82) is 0 Å². The molecule has 6 heteroatoms. The zero-order valence-corrected chi connectivity index (χ0v) is 19.1. The molecule has 2 amide bonds. The normalized spacial score (nSPS) is 10.4. The number of anilines is 2. The van der Waals surface area contributed by atoms with Gasteiger partial charge in [0, 0.05) is 11.3 Å². The van der Waals surface area contributed by atoms with Gasteiger partial charge in [0.1, 0.15) is 11.5 Å². The van der Waals surface area contributed by atoms with E-state index in [0.717, 1.165) is 30.8 Å². The van der Waals surface area contributed by atoms with Gasteiger partial charge in [0.25, 0.3) is 11.8 Å². The predicted molar refractivity (Wildman–Crippen MR) is 131 cm³/mol. The van der Waals surface area contributed by atoms with Crippen LogP contribution in [0.25, 0.3) is 0 Å². The highest BCUT2D eigenvalue weighted by Gasteiger charge is 2.14. The average molecular weight is 447 g/mol. The molecule has 0 aliphatic rings. The van der Waals surface area contributed by atoms with Gasteiger partial charge in [-0.2, -0.15) is 0 Å². The minimum absolute atomic E-state index is 0.297. The van der Waals surface area contributed by atoms with Crippen LogP contribution in [0, 0.1) is 0 Å². The van der Waals surface area contributed by atoms with Gasteiger partial charge in [0.15, 0.2) is 0 Å². The Labute approximate surface area is 194 Å². The molecule has 0 heterocycles. The van der Waals surface area contributed by atoms with E-state index in [4.69, 9.17) is 9.47 Å². The van der Waals surface area contributed by atoms with E-state index < -0.39 is 0 Å². The van der Waals surface area contributed by atoms with E-state index in [9.17, 15) is 9.59 Å². The fourth-order valence-electron chi connectivity index (χ4n) is 3.23. The molecule has 0 saturated carbocycles. The summed E-state index contributed by atoms with van der Waals surface area (Å²) < 4.78 is 11.1. The number of benzene rings is 3. The van der Waals surface area contributed by atoms with Crippen molar-refractivity contribution < 1.29 is 19.1 Å². The fourth-order valence-corrected chi connectivity index (χ4v) is 3.23. The summed E-state index contributed by atoms with van der Waals surface area (Å²) >= 11 is 0. The highest BCUT2D eigenvalue weighted by Crippen LogP contribution is 2.21. The highest BCUT2D eigenvalue weighted by molar-refractivity contribution is 6.12. The summed E-state index contributed by atoms with van der Waals surface area (Å²) in [4.78, 5) is 25.6. The maximum Gasteiger partial charge on any atom is 0.257 e. The van der Waals surface area contributed by atoms with Crippen LogP contribution in [0.1, 0.15) is 53.8 Å². The molecule has 6 nitrogen and oxygen atoms in total.